The standard InChI is InChI=1S/C17H25N3O3.ClH/c1-10-5-6-11(7-13(10)20-16(23)17(2,3)4)19-15(22)14-8-12(21)9-18-14;/h5-7,12,14,18,21H,8-9H2,1-4H3,(H,19,22)(H,20,23);1H. The number of anilines is 2. The number of halogens is 1. The van der Waals surface area contributed by atoms with Gasteiger partial charge in [0.1, 0.15) is 0 Å². The molecule has 6 nitrogen and oxygen atoms in total. The number of nitrogens with one attached hydrogen (secondary N) is 3. The third-order valence-electron chi connectivity index (χ3n) is 3.86. The molecule has 7 heteroatoms. The quantitative estimate of drug-likeness (QED) is 0.668. The molecule has 1 aliphatic heterocycles. The van der Waals surface area contributed by atoms with E-state index in [9.17, 15) is 14.7 Å². The molecule has 1 fully saturated rings. The van der Waals surface area contributed by atoms with Crippen molar-refractivity contribution in [2.75, 3.05) is 17.2 Å². The Morgan fingerprint density at radius 3 is 2.46 bits per heavy atom. The number of hydrogen-bond acceptors (Lipinski definition) is 4. The van der Waals surface area contributed by atoms with Gasteiger partial charge in [0.2, 0.25) is 11.8 Å². The maximum atomic E-state index is 12.2. The molecule has 1 heterocycles. The molecule has 4 N–H and O–H groups in total. The number of aryl methyl sites for hydroxylation is 1. The Morgan fingerprint density at radius 2 is 1.92 bits per heavy atom. The first-order valence-corrected chi connectivity index (χ1v) is 7.81. The molecule has 24 heavy (non-hydrogen) atoms. The number of carbonyl (C=O) groups is 2. The van der Waals surface area contributed by atoms with E-state index in [-0.39, 0.29) is 30.3 Å². The van der Waals surface area contributed by atoms with E-state index in [1.807, 2.05) is 33.8 Å². The minimum atomic E-state index is -0.490. The molecule has 2 amide bonds. The average molecular weight is 356 g/mol. The van der Waals surface area contributed by atoms with Crippen LogP contribution in [0, 0.1) is 12.3 Å². The van der Waals surface area contributed by atoms with Crippen LogP contribution < -0.4 is 16.0 Å². The molecule has 0 saturated carbocycles. The summed E-state index contributed by atoms with van der Waals surface area (Å²) >= 11 is 0. The van der Waals surface area contributed by atoms with Crippen molar-refractivity contribution in [2.45, 2.75) is 46.3 Å². The topological polar surface area (TPSA) is 90.5 Å². The van der Waals surface area contributed by atoms with Crippen molar-refractivity contribution in [1.82, 2.24) is 5.32 Å². The van der Waals surface area contributed by atoms with Gasteiger partial charge in [-0.2, -0.15) is 0 Å². The van der Waals surface area contributed by atoms with Crippen LogP contribution in [-0.4, -0.2) is 35.6 Å². The van der Waals surface area contributed by atoms with Crippen molar-refractivity contribution in [3.05, 3.63) is 23.8 Å². The van der Waals surface area contributed by atoms with E-state index in [0.29, 0.717) is 24.3 Å². The molecule has 1 aromatic carbocycles. The molecule has 2 unspecified atom stereocenters. The second kappa shape index (κ2) is 7.96. The highest BCUT2D eigenvalue weighted by Gasteiger charge is 2.28. The lowest BCUT2D eigenvalue weighted by molar-refractivity contribution is -0.123. The highest BCUT2D eigenvalue weighted by Crippen LogP contribution is 2.24. The molecule has 1 aromatic rings. The van der Waals surface area contributed by atoms with Crippen molar-refractivity contribution in [1.29, 1.82) is 0 Å². The highest BCUT2D eigenvalue weighted by molar-refractivity contribution is 5.98. The molecule has 1 aliphatic rings. The summed E-state index contributed by atoms with van der Waals surface area (Å²) in [6.45, 7) is 7.87. The Kier molecular flexibility index (Phi) is 6.77. The van der Waals surface area contributed by atoms with Gasteiger partial charge in [-0.05, 0) is 31.0 Å². The van der Waals surface area contributed by atoms with Gasteiger partial charge < -0.3 is 21.1 Å². The summed E-state index contributed by atoms with van der Waals surface area (Å²) in [6, 6.07) is 5.01. The maximum absolute atomic E-state index is 12.2. The van der Waals surface area contributed by atoms with Gasteiger partial charge in [0.05, 0.1) is 12.1 Å². The monoisotopic (exact) mass is 355 g/mol. The summed E-state index contributed by atoms with van der Waals surface area (Å²) in [6.07, 6.45) is -0.0731. The molecule has 2 rings (SSSR count). The lowest BCUT2D eigenvalue weighted by Crippen LogP contribution is -2.35. The Bertz CT molecular complexity index is 614. The summed E-state index contributed by atoms with van der Waals surface area (Å²) in [7, 11) is 0. The van der Waals surface area contributed by atoms with Crippen molar-refractivity contribution < 1.29 is 14.7 Å². The zero-order chi connectivity index (χ0) is 17.2. The van der Waals surface area contributed by atoms with Crippen molar-refractivity contribution in [3.8, 4) is 0 Å². The molecule has 0 radical (unpaired) electrons. The first-order valence-electron chi connectivity index (χ1n) is 7.81. The number of carbonyl (C=O) groups excluding carboxylic acids is 2. The van der Waals surface area contributed by atoms with E-state index in [1.165, 1.54) is 0 Å². The van der Waals surface area contributed by atoms with E-state index in [4.69, 9.17) is 0 Å². The Labute approximate surface area is 148 Å². The molecule has 2 atom stereocenters. The van der Waals surface area contributed by atoms with Crippen molar-refractivity contribution >= 4 is 35.6 Å². The first-order chi connectivity index (χ1) is 10.7. The van der Waals surface area contributed by atoms with Crippen LogP contribution in [0.25, 0.3) is 0 Å². The Morgan fingerprint density at radius 1 is 1.25 bits per heavy atom. The SMILES string of the molecule is Cc1ccc(NC(=O)C2CC(O)CN2)cc1NC(=O)C(C)(C)C.Cl. The van der Waals surface area contributed by atoms with Crippen molar-refractivity contribution in [3.63, 3.8) is 0 Å². The zero-order valence-corrected chi connectivity index (χ0v) is 15.3. The minimum Gasteiger partial charge on any atom is -0.392 e. The second-order valence-corrected chi connectivity index (χ2v) is 7.07. The lowest BCUT2D eigenvalue weighted by Gasteiger charge is -2.19. The molecule has 1 saturated heterocycles. The van der Waals surface area contributed by atoms with Crippen LogP contribution in [0.4, 0.5) is 11.4 Å². The highest BCUT2D eigenvalue weighted by atomic mass is 35.5. The first kappa shape index (κ1) is 20.4. The van der Waals surface area contributed by atoms with Gasteiger partial charge in [-0.15, -0.1) is 12.4 Å². The van der Waals surface area contributed by atoms with E-state index in [2.05, 4.69) is 16.0 Å². The van der Waals surface area contributed by atoms with Gasteiger partial charge in [-0.3, -0.25) is 9.59 Å². The normalized spacial score (nSPS) is 20.2. The van der Waals surface area contributed by atoms with Gasteiger partial charge in [0.25, 0.3) is 0 Å². The van der Waals surface area contributed by atoms with Crippen LogP contribution in [0.15, 0.2) is 18.2 Å². The third kappa shape index (κ3) is 5.19. The number of hydrogen-bond donors (Lipinski definition) is 4. The molecule has 0 aromatic heterocycles. The van der Waals surface area contributed by atoms with Crippen LogP contribution in [0.2, 0.25) is 0 Å². The van der Waals surface area contributed by atoms with Crippen LogP contribution in [-0.2, 0) is 9.59 Å². The van der Waals surface area contributed by atoms with Crippen LogP contribution in [0.5, 0.6) is 0 Å². The van der Waals surface area contributed by atoms with E-state index in [0.717, 1.165) is 5.56 Å². The maximum Gasteiger partial charge on any atom is 0.241 e. The van der Waals surface area contributed by atoms with Gasteiger partial charge in [0.15, 0.2) is 0 Å². The predicted molar refractivity (Wildman–Crippen MR) is 97.6 cm³/mol. The Hall–Kier alpha value is -1.63. The van der Waals surface area contributed by atoms with Gasteiger partial charge >= 0.3 is 0 Å². The summed E-state index contributed by atoms with van der Waals surface area (Å²) in [5.74, 6) is -0.261. The van der Waals surface area contributed by atoms with E-state index < -0.39 is 11.5 Å². The van der Waals surface area contributed by atoms with Crippen LogP contribution >= 0.6 is 12.4 Å². The van der Waals surface area contributed by atoms with Crippen molar-refractivity contribution in [2.24, 2.45) is 5.41 Å². The van der Waals surface area contributed by atoms with Gasteiger partial charge in [-0.1, -0.05) is 26.8 Å². The van der Waals surface area contributed by atoms with Gasteiger partial charge in [-0.25, -0.2) is 0 Å². The Balaban J connectivity index is 0.00000288. The molecule has 134 valence electrons. The van der Waals surface area contributed by atoms with Gasteiger partial charge in [0, 0.05) is 23.3 Å². The summed E-state index contributed by atoms with van der Waals surface area (Å²) in [5.41, 5.74) is 1.74. The number of aliphatic hydroxyl groups excluding tert-OH is 1. The summed E-state index contributed by atoms with van der Waals surface area (Å²) in [4.78, 5) is 24.3. The number of amides is 2. The molecule has 0 aliphatic carbocycles. The molecule has 0 bridgehead atoms. The fourth-order valence-electron chi connectivity index (χ4n) is 2.29. The lowest BCUT2D eigenvalue weighted by atomic mass is 9.95. The van der Waals surface area contributed by atoms with E-state index in [1.54, 1.807) is 12.1 Å². The fourth-order valence-corrected chi connectivity index (χ4v) is 2.29. The minimum absolute atomic E-state index is 0. The summed E-state index contributed by atoms with van der Waals surface area (Å²) in [5, 5.41) is 18.2. The zero-order valence-electron chi connectivity index (χ0n) is 14.5. The van der Waals surface area contributed by atoms with Crippen LogP contribution in [0.1, 0.15) is 32.8 Å². The number of β-amino-alcohol motifs (C(OH)–C–C–N with tert-alkyl or cyclic N) is 1. The molecule has 0 spiro atoms. The fraction of sp³-hybridized carbons (Fsp3) is 0.529. The number of benzene rings is 1. The molecular formula is C17H26ClN3O3. The van der Waals surface area contributed by atoms with E-state index >= 15 is 0 Å². The predicted octanol–water partition coefficient (Wildman–Crippen LogP) is 2.06. The largest absolute Gasteiger partial charge is 0.392 e. The molecular weight excluding hydrogens is 330 g/mol. The average Bonchev–Trinajstić information content (AvgIpc) is 2.88. The van der Waals surface area contributed by atoms with Crippen LogP contribution in [0.3, 0.4) is 0 Å². The number of aliphatic hydroxyl groups is 1. The summed E-state index contributed by atoms with van der Waals surface area (Å²) < 4.78 is 0. The third-order valence-corrected chi connectivity index (χ3v) is 3.86. The number of rotatable bonds is 3. The smallest absolute Gasteiger partial charge is 0.241 e. The second-order valence-electron chi connectivity index (χ2n) is 7.07.